The molecule has 2 atom stereocenters. The van der Waals surface area contributed by atoms with E-state index in [0.29, 0.717) is 12.0 Å². The molecule has 1 aliphatic carbocycles. The molecule has 5 heteroatoms. The van der Waals surface area contributed by atoms with Crippen molar-refractivity contribution in [3.05, 3.63) is 0 Å². The molecule has 2 rings (SSSR count). The second-order valence-electron chi connectivity index (χ2n) is 5.95. The van der Waals surface area contributed by atoms with Crippen LogP contribution < -0.4 is 5.32 Å². The van der Waals surface area contributed by atoms with Crippen LogP contribution in [0.2, 0.25) is 0 Å². The van der Waals surface area contributed by atoms with E-state index in [1.807, 2.05) is 4.90 Å². The first kappa shape index (κ1) is 13.2. The van der Waals surface area contributed by atoms with Crippen LogP contribution in [-0.2, 0) is 4.79 Å². The summed E-state index contributed by atoms with van der Waals surface area (Å²) in [6.45, 7) is 3.79. The molecule has 2 amide bonds. The maximum absolute atomic E-state index is 12.2. The van der Waals surface area contributed by atoms with Gasteiger partial charge in [0.15, 0.2) is 0 Å². The molecule has 0 spiro atoms. The van der Waals surface area contributed by atoms with Gasteiger partial charge in [0.2, 0.25) is 0 Å². The van der Waals surface area contributed by atoms with Crippen molar-refractivity contribution >= 4 is 12.0 Å². The number of carbonyl (C=O) groups is 2. The Morgan fingerprint density at radius 1 is 1.22 bits per heavy atom. The lowest BCUT2D eigenvalue weighted by atomic mass is 9.85. The molecule has 1 saturated carbocycles. The van der Waals surface area contributed by atoms with Crippen molar-refractivity contribution in [3.63, 3.8) is 0 Å². The summed E-state index contributed by atoms with van der Waals surface area (Å²) in [6.07, 6.45) is 5.76. The number of likely N-dealkylation sites (tertiary alicyclic amines) is 1. The van der Waals surface area contributed by atoms with E-state index in [1.165, 1.54) is 33.1 Å². The highest BCUT2D eigenvalue weighted by molar-refractivity contribution is 5.85. The van der Waals surface area contributed by atoms with E-state index in [1.54, 1.807) is 0 Å². The number of hydrogen-bond donors (Lipinski definition) is 2. The Morgan fingerprint density at radius 2 is 1.89 bits per heavy atom. The van der Waals surface area contributed by atoms with Crippen LogP contribution in [0, 0.1) is 5.92 Å². The molecule has 0 aromatic carbocycles. The first-order chi connectivity index (χ1) is 8.42. The average Bonchev–Trinajstić information content (AvgIpc) is 2.71. The number of nitrogens with zero attached hydrogens (tertiary/aromatic N) is 1. The summed E-state index contributed by atoms with van der Waals surface area (Å²) in [7, 11) is 0. The fraction of sp³-hybridized carbons (Fsp3) is 0.846. The van der Waals surface area contributed by atoms with E-state index < -0.39 is 11.5 Å². The molecule has 0 bridgehead atoms. The van der Waals surface area contributed by atoms with Gasteiger partial charge in [0.05, 0.1) is 0 Å². The Balaban J connectivity index is 1.99. The number of carboxylic acid groups (broad SMARTS) is 1. The summed E-state index contributed by atoms with van der Waals surface area (Å²) in [5.74, 6) is -0.382. The van der Waals surface area contributed by atoms with Crippen LogP contribution in [0.4, 0.5) is 4.79 Å². The van der Waals surface area contributed by atoms with Gasteiger partial charge in [-0.05, 0) is 39.0 Å². The Kier molecular flexibility index (Phi) is 3.50. The van der Waals surface area contributed by atoms with Gasteiger partial charge < -0.3 is 15.3 Å². The molecule has 2 aliphatic rings. The van der Waals surface area contributed by atoms with Crippen molar-refractivity contribution in [3.8, 4) is 0 Å². The highest BCUT2D eigenvalue weighted by atomic mass is 16.4. The summed E-state index contributed by atoms with van der Waals surface area (Å²) in [4.78, 5) is 25.0. The van der Waals surface area contributed by atoms with Gasteiger partial charge in [-0.2, -0.15) is 0 Å². The summed E-state index contributed by atoms with van der Waals surface area (Å²) < 4.78 is 0. The topological polar surface area (TPSA) is 69.6 Å². The van der Waals surface area contributed by atoms with E-state index in [0.717, 1.165) is 19.4 Å². The number of carboxylic acids is 1. The van der Waals surface area contributed by atoms with Gasteiger partial charge in [-0.25, -0.2) is 9.59 Å². The van der Waals surface area contributed by atoms with Crippen LogP contribution in [0.25, 0.3) is 0 Å². The first-order valence-corrected chi connectivity index (χ1v) is 6.74. The lowest BCUT2D eigenvalue weighted by molar-refractivity contribution is -0.143. The number of hydrogen-bond acceptors (Lipinski definition) is 2. The van der Waals surface area contributed by atoms with Gasteiger partial charge >= 0.3 is 12.0 Å². The van der Waals surface area contributed by atoms with Gasteiger partial charge in [0, 0.05) is 12.6 Å². The van der Waals surface area contributed by atoms with Gasteiger partial charge in [-0.1, -0.05) is 12.8 Å². The fourth-order valence-electron chi connectivity index (χ4n) is 3.05. The zero-order valence-electron chi connectivity index (χ0n) is 11.1. The SMILES string of the molecule is CC(C)(NC(=O)N1CCC2CCCCC21)C(=O)O. The van der Waals surface area contributed by atoms with E-state index in [-0.39, 0.29) is 6.03 Å². The van der Waals surface area contributed by atoms with Crippen molar-refractivity contribution in [2.24, 2.45) is 5.92 Å². The maximum Gasteiger partial charge on any atom is 0.328 e. The molecule has 18 heavy (non-hydrogen) atoms. The van der Waals surface area contributed by atoms with Crippen LogP contribution >= 0.6 is 0 Å². The summed E-state index contributed by atoms with van der Waals surface area (Å²) >= 11 is 0. The molecule has 102 valence electrons. The van der Waals surface area contributed by atoms with E-state index >= 15 is 0 Å². The van der Waals surface area contributed by atoms with Crippen LogP contribution in [0.15, 0.2) is 0 Å². The molecule has 2 unspecified atom stereocenters. The largest absolute Gasteiger partial charge is 0.480 e. The Morgan fingerprint density at radius 3 is 2.56 bits per heavy atom. The first-order valence-electron chi connectivity index (χ1n) is 6.74. The maximum atomic E-state index is 12.2. The van der Waals surface area contributed by atoms with Crippen molar-refractivity contribution in [2.45, 2.75) is 57.5 Å². The second kappa shape index (κ2) is 4.78. The predicted octanol–water partition coefficient (Wildman–Crippen LogP) is 1.82. The van der Waals surface area contributed by atoms with Gasteiger partial charge in [0.25, 0.3) is 0 Å². The molecule has 2 N–H and O–H groups in total. The highest BCUT2D eigenvalue weighted by Gasteiger charge is 2.40. The molecular formula is C13H22N2O3. The van der Waals surface area contributed by atoms with Gasteiger partial charge in [0.1, 0.15) is 5.54 Å². The smallest absolute Gasteiger partial charge is 0.328 e. The number of urea groups is 1. The molecule has 1 heterocycles. The predicted molar refractivity (Wildman–Crippen MR) is 67.3 cm³/mol. The highest BCUT2D eigenvalue weighted by Crippen LogP contribution is 2.36. The van der Waals surface area contributed by atoms with E-state index in [2.05, 4.69) is 5.32 Å². The molecule has 5 nitrogen and oxygen atoms in total. The molecule has 2 fully saturated rings. The number of fused-ring (bicyclic) bond motifs is 1. The van der Waals surface area contributed by atoms with Crippen molar-refractivity contribution in [2.75, 3.05) is 6.54 Å². The number of amides is 2. The third-order valence-electron chi connectivity index (χ3n) is 4.23. The van der Waals surface area contributed by atoms with E-state index in [9.17, 15) is 9.59 Å². The third kappa shape index (κ3) is 2.44. The summed E-state index contributed by atoms with van der Waals surface area (Å²) in [6, 6.07) is 0.0974. The van der Waals surface area contributed by atoms with Crippen molar-refractivity contribution in [1.29, 1.82) is 0 Å². The number of nitrogens with one attached hydrogen (secondary N) is 1. The zero-order chi connectivity index (χ0) is 13.3. The monoisotopic (exact) mass is 254 g/mol. The second-order valence-corrected chi connectivity index (χ2v) is 5.95. The number of rotatable bonds is 2. The average molecular weight is 254 g/mol. The van der Waals surface area contributed by atoms with Crippen LogP contribution in [0.1, 0.15) is 46.0 Å². The summed E-state index contributed by atoms with van der Waals surface area (Å²) in [5.41, 5.74) is -1.20. The Bertz CT molecular complexity index is 354. The number of carbonyl (C=O) groups excluding carboxylic acids is 1. The van der Waals surface area contributed by atoms with E-state index in [4.69, 9.17) is 5.11 Å². The van der Waals surface area contributed by atoms with Gasteiger partial charge in [-0.15, -0.1) is 0 Å². The van der Waals surface area contributed by atoms with Crippen LogP contribution in [0.5, 0.6) is 0 Å². The Labute approximate surface area is 108 Å². The van der Waals surface area contributed by atoms with Crippen LogP contribution in [-0.4, -0.2) is 40.1 Å². The minimum Gasteiger partial charge on any atom is -0.480 e. The third-order valence-corrected chi connectivity index (χ3v) is 4.23. The number of aliphatic carboxylic acids is 1. The molecular weight excluding hydrogens is 232 g/mol. The van der Waals surface area contributed by atoms with Gasteiger partial charge in [-0.3, -0.25) is 0 Å². The minimum atomic E-state index is -1.20. The molecule has 1 aliphatic heterocycles. The zero-order valence-corrected chi connectivity index (χ0v) is 11.1. The minimum absolute atomic E-state index is 0.225. The van der Waals surface area contributed by atoms with Crippen molar-refractivity contribution < 1.29 is 14.7 Å². The Hall–Kier alpha value is -1.26. The standard InChI is InChI=1S/C13H22N2O3/c1-13(2,11(16)17)14-12(18)15-8-7-9-5-3-4-6-10(9)15/h9-10H,3-8H2,1-2H3,(H,14,18)(H,16,17). The lowest BCUT2D eigenvalue weighted by Gasteiger charge is -2.33. The fourth-order valence-corrected chi connectivity index (χ4v) is 3.05. The van der Waals surface area contributed by atoms with Crippen molar-refractivity contribution in [1.82, 2.24) is 10.2 Å². The molecule has 1 saturated heterocycles. The quantitative estimate of drug-likeness (QED) is 0.789. The normalized spacial score (nSPS) is 27.8. The molecule has 0 radical (unpaired) electrons. The molecule has 0 aromatic rings. The van der Waals surface area contributed by atoms with Crippen LogP contribution in [0.3, 0.4) is 0 Å². The molecule has 0 aromatic heterocycles. The summed E-state index contributed by atoms with van der Waals surface area (Å²) in [5, 5.41) is 11.7. The lowest BCUT2D eigenvalue weighted by Crippen LogP contribution is -2.55.